The largest absolute Gasteiger partial charge is 0.114 e. The van der Waals surface area contributed by atoms with Crippen LogP contribution in [-0.4, -0.2) is 7.85 Å². The molecule has 0 saturated heterocycles. The first-order chi connectivity index (χ1) is 7.00. The van der Waals surface area contributed by atoms with E-state index in [1.54, 1.807) is 0 Å². The molecule has 0 atom stereocenters. The van der Waals surface area contributed by atoms with Crippen molar-refractivity contribution in [1.82, 2.24) is 0 Å². The van der Waals surface area contributed by atoms with E-state index in [9.17, 15) is 0 Å². The zero-order valence-corrected chi connectivity index (χ0v) is 10.7. The Morgan fingerprint density at radius 1 is 0.867 bits per heavy atom. The lowest BCUT2D eigenvalue weighted by molar-refractivity contribution is 0.792. The Bertz CT molecular complexity index is 335. The minimum absolute atomic E-state index is 1.02. The highest BCUT2D eigenvalue weighted by Gasteiger charge is 2.10. The third-order valence-electron chi connectivity index (χ3n) is 3.65. The van der Waals surface area contributed by atoms with E-state index in [1.165, 1.54) is 40.7 Å². The molecule has 0 aliphatic carbocycles. The Balaban J connectivity index is 3.26. The summed E-state index contributed by atoms with van der Waals surface area (Å²) in [7, 11) is 6.19. The highest BCUT2D eigenvalue weighted by molar-refractivity contribution is 6.34. The molecule has 0 saturated carbocycles. The van der Waals surface area contributed by atoms with Crippen LogP contribution in [0.4, 0.5) is 0 Å². The van der Waals surface area contributed by atoms with Gasteiger partial charge in [0.05, 0.1) is 0 Å². The molecule has 0 fully saturated rings. The van der Waals surface area contributed by atoms with Gasteiger partial charge in [-0.2, -0.15) is 0 Å². The van der Waals surface area contributed by atoms with Gasteiger partial charge in [-0.05, 0) is 57.2 Å². The maximum absolute atomic E-state index is 6.19. The highest BCUT2D eigenvalue weighted by Crippen LogP contribution is 2.20. The van der Waals surface area contributed by atoms with Gasteiger partial charge in [0, 0.05) is 0 Å². The molecule has 0 amide bonds. The summed E-state index contributed by atoms with van der Waals surface area (Å²) in [6, 6.07) is 0. The molecule has 15 heavy (non-hydrogen) atoms. The van der Waals surface area contributed by atoms with Gasteiger partial charge >= 0.3 is 0 Å². The summed E-state index contributed by atoms with van der Waals surface area (Å²) in [5.74, 6) is 0. The van der Waals surface area contributed by atoms with Crippen LogP contribution in [0.5, 0.6) is 0 Å². The number of unbranched alkanes of at least 4 members (excludes halogenated alkanes) is 1. The van der Waals surface area contributed by atoms with Crippen molar-refractivity contribution in [2.75, 3.05) is 0 Å². The van der Waals surface area contributed by atoms with Crippen molar-refractivity contribution in [2.45, 2.75) is 53.9 Å². The van der Waals surface area contributed by atoms with Gasteiger partial charge in [0.15, 0.2) is 0 Å². The number of benzene rings is 1. The van der Waals surface area contributed by atoms with E-state index in [0.717, 1.165) is 11.9 Å². The lowest BCUT2D eigenvalue weighted by atomic mass is 9.78. The molecule has 0 nitrogen and oxygen atoms in total. The van der Waals surface area contributed by atoms with E-state index < -0.39 is 0 Å². The summed E-state index contributed by atoms with van der Waals surface area (Å²) in [6.07, 6.45) is 3.58. The van der Waals surface area contributed by atoms with Crippen molar-refractivity contribution in [2.24, 2.45) is 0 Å². The fourth-order valence-corrected chi connectivity index (χ4v) is 2.09. The van der Waals surface area contributed by atoms with Crippen molar-refractivity contribution < 1.29 is 0 Å². The van der Waals surface area contributed by atoms with E-state index in [-0.39, 0.29) is 0 Å². The van der Waals surface area contributed by atoms with E-state index >= 15 is 0 Å². The van der Waals surface area contributed by atoms with E-state index in [2.05, 4.69) is 34.6 Å². The van der Waals surface area contributed by atoms with Crippen molar-refractivity contribution in [3.8, 4) is 0 Å². The molecule has 1 heteroatoms. The summed E-state index contributed by atoms with van der Waals surface area (Å²) in [5, 5.41) is 0. The average molecular weight is 200 g/mol. The summed E-state index contributed by atoms with van der Waals surface area (Å²) < 4.78 is 0. The minimum Gasteiger partial charge on any atom is -0.0901 e. The van der Waals surface area contributed by atoms with Crippen LogP contribution in [0.25, 0.3) is 0 Å². The van der Waals surface area contributed by atoms with Gasteiger partial charge < -0.3 is 0 Å². The van der Waals surface area contributed by atoms with Gasteiger partial charge in [0.2, 0.25) is 0 Å². The van der Waals surface area contributed by atoms with Crippen molar-refractivity contribution in [3.63, 3.8) is 0 Å². The van der Waals surface area contributed by atoms with E-state index in [1.807, 2.05) is 0 Å². The maximum atomic E-state index is 6.19. The number of hydrogen-bond donors (Lipinski definition) is 0. The second-order valence-corrected chi connectivity index (χ2v) is 4.50. The summed E-state index contributed by atoms with van der Waals surface area (Å²) in [6.45, 7) is 10.9. The average Bonchev–Trinajstić information content (AvgIpc) is 2.24. The Hall–Kier alpha value is -0.715. The van der Waals surface area contributed by atoms with Crippen LogP contribution in [0.3, 0.4) is 0 Å². The molecule has 0 spiro atoms. The lowest BCUT2D eigenvalue weighted by Crippen LogP contribution is -2.19. The van der Waals surface area contributed by atoms with E-state index in [4.69, 9.17) is 7.85 Å². The van der Waals surface area contributed by atoms with Crippen molar-refractivity contribution in [1.29, 1.82) is 0 Å². The van der Waals surface area contributed by atoms with Gasteiger partial charge in [-0.1, -0.05) is 29.9 Å². The Morgan fingerprint density at radius 2 is 1.40 bits per heavy atom. The Kier molecular flexibility index (Phi) is 4.01. The standard InChI is InChI=1S/C14H21B/c1-6-7-8-13-11(4)9(2)10(3)12(5)14(13)15/h6-8H2,1-5H3. The topological polar surface area (TPSA) is 0 Å². The molecular formula is C14H21B. The van der Waals surface area contributed by atoms with Gasteiger partial charge in [-0.15, -0.1) is 0 Å². The zero-order valence-electron chi connectivity index (χ0n) is 10.7. The van der Waals surface area contributed by atoms with E-state index in [0.29, 0.717) is 0 Å². The molecule has 1 aromatic carbocycles. The number of hydrogen-bond acceptors (Lipinski definition) is 0. The van der Waals surface area contributed by atoms with Crippen LogP contribution in [0.15, 0.2) is 0 Å². The SMILES string of the molecule is [B]c1c(C)c(C)c(C)c(C)c1CCCC. The third kappa shape index (κ3) is 2.27. The first-order valence-electron chi connectivity index (χ1n) is 5.85. The van der Waals surface area contributed by atoms with Gasteiger partial charge in [-0.25, -0.2) is 0 Å². The molecule has 0 bridgehead atoms. The second kappa shape index (κ2) is 4.87. The lowest BCUT2D eigenvalue weighted by Gasteiger charge is -2.18. The molecule has 80 valence electrons. The number of rotatable bonds is 3. The fraction of sp³-hybridized carbons (Fsp3) is 0.571. The maximum Gasteiger partial charge on any atom is 0.114 e. The molecular weight excluding hydrogens is 179 g/mol. The summed E-state index contributed by atoms with van der Waals surface area (Å²) in [5.41, 5.74) is 7.81. The predicted molar refractivity (Wildman–Crippen MR) is 69.4 cm³/mol. The van der Waals surface area contributed by atoms with Crippen LogP contribution in [-0.2, 0) is 6.42 Å². The summed E-state index contributed by atoms with van der Waals surface area (Å²) >= 11 is 0. The van der Waals surface area contributed by atoms with Gasteiger partial charge in [0.25, 0.3) is 0 Å². The first-order valence-corrected chi connectivity index (χ1v) is 5.85. The molecule has 1 aromatic rings. The first kappa shape index (κ1) is 12.4. The van der Waals surface area contributed by atoms with Gasteiger partial charge in [-0.3, -0.25) is 0 Å². The minimum atomic E-state index is 1.02. The smallest absolute Gasteiger partial charge is 0.0901 e. The predicted octanol–water partition coefficient (Wildman–Crippen LogP) is 3.06. The summed E-state index contributed by atoms with van der Waals surface area (Å²) in [4.78, 5) is 0. The fourth-order valence-electron chi connectivity index (χ4n) is 2.09. The van der Waals surface area contributed by atoms with Crippen molar-refractivity contribution >= 4 is 13.3 Å². The van der Waals surface area contributed by atoms with Crippen LogP contribution in [0.2, 0.25) is 0 Å². The van der Waals surface area contributed by atoms with Crippen molar-refractivity contribution in [3.05, 3.63) is 27.8 Å². The zero-order chi connectivity index (χ0) is 11.6. The monoisotopic (exact) mass is 200 g/mol. The highest BCUT2D eigenvalue weighted by atomic mass is 14.1. The molecule has 1 rings (SSSR count). The quantitative estimate of drug-likeness (QED) is 0.658. The van der Waals surface area contributed by atoms with Gasteiger partial charge in [0.1, 0.15) is 7.85 Å². The molecule has 2 radical (unpaired) electrons. The molecule has 0 aromatic heterocycles. The Morgan fingerprint density at radius 3 is 1.93 bits per heavy atom. The van der Waals surface area contributed by atoms with Crippen LogP contribution >= 0.6 is 0 Å². The molecule has 0 unspecified atom stereocenters. The molecule has 0 aliphatic rings. The third-order valence-corrected chi connectivity index (χ3v) is 3.65. The molecule has 0 heterocycles. The Labute approximate surface area is 95.5 Å². The van der Waals surface area contributed by atoms with Crippen LogP contribution < -0.4 is 5.46 Å². The van der Waals surface area contributed by atoms with Crippen LogP contribution in [0.1, 0.15) is 47.6 Å². The molecule has 0 N–H and O–H groups in total. The van der Waals surface area contributed by atoms with Crippen LogP contribution in [0, 0.1) is 27.7 Å². The molecule has 0 aliphatic heterocycles. The normalized spacial score (nSPS) is 10.7. The second-order valence-electron chi connectivity index (χ2n) is 4.50.